The predicted molar refractivity (Wildman–Crippen MR) is 67.1 cm³/mol. The van der Waals surface area contributed by atoms with E-state index in [9.17, 15) is 9.90 Å². The van der Waals surface area contributed by atoms with Crippen LogP contribution in [0.25, 0.3) is 0 Å². The summed E-state index contributed by atoms with van der Waals surface area (Å²) in [6, 6.07) is 0. The molecular formula is C11H22AsNO4. The fourth-order valence-corrected chi connectivity index (χ4v) is 3.08. The van der Waals surface area contributed by atoms with Gasteiger partial charge >= 0.3 is 110 Å². The van der Waals surface area contributed by atoms with E-state index in [-0.39, 0.29) is 11.3 Å². The van der Waals surface area contributed by atoms with Crippen molar-refractivity contribution in [3.63, 3.8) is 0 Å². The minimum absolute atomic E-state index is 0.187. The van der Waals surface area contributed by atoms with E-state index < -0.39 is 12.2 Å². The number of aliphatic hydroxyl groups excluding tert-OH is 1. The van der Waals surface area contributed by atoms with Crippen molar-refractivity contribution in [2.75, 3.05) is 26.8 Å². The molecule has 0 spiro atoms. The number of ether oxygens (including phenoxy) is 1. The number of hydrogen-bond donors (Lipinski definition) is 2. The van der Waals surface area contributed by atoms with Crippen LogP contribution in [0.2, 0.25) is 4.71 Å². The molecule has 1 rings (SSSR count). The molecule has 0 aromatic rings. The number of nitrogens with zero attached hydrogens (tertiary/aromatic N) is 1. The first-order valence-electron chi connectivity index (χ1n) is 5.96. The van der Waals surface area contributed by atoms with Gasteiger partial charge < -0.3 is 0 Å². The maximum atomic E-state index is 10.7. The van der Waals surface area contributed by atoms with Crippen LogP contribution in [0.5, 0.6) is 0 Å². The van der Waals surface area contributed by atoms with Crippen molar-refractivity contribution >= 4 is 22.9 Å². The molecule has 0 saturated carbocycles. The second-order valence-electron chi connectivity index (χ2n) is 4.69. The Balaban J connectivity index is 2.30. The fourth-order valence-electron chi connectivity index (χ4n) is 2.02. The number of aliphatic hydroxyl groups is 1. The van der Waals surface area contributed by atoms with Crippen molar-refractivity contribution in [2.45, 2.75) is 30.1 Å². The first kappa shape index (κ1) is 14.8. The Morgan fingerprint density at radius 1 is 1.53 bits per heavy atom. The summed E-state index contributed by atoms with van der Waals surface area (Å²) in [7, 11) is 1.49. The molecular weight excluding hydrogens is 285 g/mol. The first-order chi connectivity index (χ1) is 8.00. The van der Waals surface area contributed by atoms with Gasteiger partial charge in [-0.3, -0.25) is 0 Å². The molecule has 1 fully saturated rings. The Hall–Kier alpha value is -0.252. The Morgan fingerprint density at radius 3 is 2.65 bits per heavy atom. The minimum atomic E-state index is -0.991. The van der Waals surface area contributed by atoms with Crippen molar-refractivity contribution in [2.24, 2.45) is 5.92 Å². The summed E-state index contributed by atoms with van der Waals surface area (Å²) in [6.07, 6.45) is 1.54. The van der Waals surface area contributed by atoms with Gasteiger partial charge in [-0.15, -0.1) is 0 Å². The van der Waals surface area contributed by atoms with Crippen molar-refractivity contribution in [1.82, 2.24) is 4.90 Å². The number of rotatable bonds is 5. The summed E-state index contributed by atoms with van der Waals surface area (Å²) in [4.78, 5) is 11.8. The average molecular weight is 307 g/mol. The summed E-state index contributed by atoms with van der Waals surface area (Å²) >= 11 is 1.49. The molecule has 1 unspecified atom stereocenters. The predicted octanol–water partition coefficient (Wildman–Crippen LogP) is 0.195. The Morgan fingerprint density at radius 2 is 2.12 bits per heavy atom. The van der Waals surface area contributed by atoms with E-state index in [0.717, 1.165) is 37.4 Å². The third kappa shape index (κ3) is 5.28. The molecule has 100 valence electrons. The molecule has 1 heterocycles. The standard InChI is InChI=1S/C11H22AsNO4/c1-13(11(15)16)7-10(14)9(12)6-8-2-4-17-5-3-8/h8-10,14H,2-7,12H2,1H3,(H,15,16)/t9-,10+/m0/s1. The van der Waals surface area contributed by atoms with Crippen LogP contribution in [0.1, 0.15) is 19.3 Å². The van der Waals surface area contributed by atoms with Gasteiger partial charge in [0.05, 0.1) is 0 Å². The van der Waals surface area contributed by atoms with Crippen LogP contribution in [-0.4, -0.2) is 71.0 Å². The third-order valence-electron chi connectivity index (χ3n) is 3.23. The van der Waals surface area contributed by atoms with Crippen molar-refractivity contribution in [3.05, 3.63) is 0 Å². The van der Waals surface area contributed by atoms with Crippen LogP contribution < -0.4 is 0 Å². The van der Waals surface area contributed by atoms with E-state index in [0.29, 0.717) is 5.92 Å². The summed E-state index contributed by atoms with van der Waals surface area (Å²) in [5.74, 6) is 0.616. The molecule has 17 heavy (non-hydrogen) atoms. The van der Waals surface area contributed by atoms with E-state index in [4.69, 9.17) is 9.84 Å². The molecule has 2 N–H and O–H groups in total. The zero-order valence-electron chi connectivity index (χ0n) is 10.2. The molecule has 6 heteroatoms. The summed E-state index contributed by atoms with van der Waals surface area (Å²) in [6.45, 7) is 1.83. The second-order valence-corrected chi connectivity index (χ2v) is 6.48. The fraction of sp³-hybridized carbons (Fsp3) is 0.909. The zero-order chi connectivity index (χ0) is 12.8. The molecule has 0 bridgehead atoms. The molecule has 1 aliphatic heterocycles. The van der Waals surface area contributed by atoms with Crippen LogP contribution in [0, 0.1) is 5.92 Å². The molecule has 1 amide bonds. The molecule has 0 aromatic carbocycles. The summed E-state index contributed by atoms with van der Waals surface area (Å²) in [5.41, 5.74) is 0. The zero-order valence-corrected chi connectivity index (χ0v) is 12.6. The van der Waals surface area contributed by atoms with Gasteiger partial charge in [0.1, 0.15) is 0 Å². The van der Waals surface area contributed by atoms with Gasteiger partial charge in [-0.1, -0.05) is 0 Å². The second kappa shape index (κ2) is 7.24. The van der Waals surface area contributed by atoms with E-state index >= 15 is 0 Å². The topological polar surface area (TPSA) is 70.0 Å². The maximum absolute atomic E-state index is 10.7. The molecule has 3 atom stereocenters. The molecule has 5 nitrogen and oxygen atoms in total. The van der Waals surface area contributed by atoms with Crippen LogP contribution in [0.4, 0.5) is 4.79 Å². The average Bonchev–Trinajstić information content (AvgIpc) is 2.29. The van der Waals surface area contributed by atoms with Gasteiger partial charge in [-0.25, -0.2) is 0 Å². The van der Waals surface area contributed by atoms with E-state index in [2.05, 4.69) is 0 Å². The number of carbonyl (C=O) groups is 1. The van der Waals surface area contributed by atoms with Gasteiger partial charge in [0.15, 0.2) is 0 Å². The molecule has 1 saturated heterocycles. The van der Waals surface area contributed by atoms with E-state index in [1.54, 1.807) is 0 Å². The quantitative estimate of drug-likeness (QED) is 0.712. The van der Waals surface area contributed by atoms with E-state index in [1.165, 1.54) is 23.9 Å². The molecule has 0 radical (unpaired) electrons. The van der Waals surface area contributed by atoms with Gasteiger partial charge in [0.2, 0.25) is 0 Å². The van der Waals surface area contributed by atoms with Gasteiger partial charge in [0, 0.05) is 0 Å². The molecule has 1 aliphatic rings. The number of amides is 1. The number of likely N-dealkylation sites (N-methyl/N-ethyl adjacent to an activating group) is 1. The van der Waals surface area contributed by atoms with Crippen LogP contribution in [-0.2, 0) is 4.74 Å². The normalized spacial score (nSPS) is 20.9. The monoisotopic (exact) mass is 307 g/mol. The van der Waals surface area contributed by atoms with Crippen molar-refractivity contribution in [3.8, 4) is 0 Å². The Labute approximate surface area is 111 Å². The van der Waals surface area contributed by atoms with Gasteiger partial charge in [-0.05, 0) is 0 Å². The van der Waals surface area contributed by atoms with Gasteiger partial charge in [-0.2, -0.15) is 0 Å². The van der Waals surface area contributed by atoms with Crippen LogP contribution >= 0.6 is 0 Å². The Bertz CT molecular complexity index is 246. The first-order valence-corrected chi connectivity index (χ1v) is 7.36. The third-order valence-corrected chi connectivity index (χ3v) is 4.73. The van der Waals surface area contributed by atoms with Crippen LogP contribution in [0.15, 0.2) is 0 Å². The number of hydrogen-bond acceptors (Lipinski definition) is 3. The number of carboxylic acid groups (broad SMARTS) is 1. The Kier molecular flexibility index (Phi) is 6.31. The van der Waals surface area contributed by atoms with Crippen molar-refractivity contribution in [1.29, 1.82) is 0 Å². The molecule has 0 aromatic heterocycles. The van der Waals surface area contributed by atoms with Crippen molar-refractivity contribution < 1.29 is 19.7 Å². The summed E-state index contributed by atoms with van der Waals surface area (Å²) in [5, 5.41) is 18.7. The van der Waals surface area contributed by atoms with Crippen LogP contribution in [0.3, 0.4) is 0 Å². The SMILES string of the molecule is CN(C[C@@H](O)[C@@H]([AsH2])CC1CCOCC1)C(=O)O. The summed E-state index contributed by atoms with van der Waals surface area (Å²) < 4.78 is 5.48. The molecule has 0 aliphatic carbocycles. The van der Waals surface area contributed by atoms with E-state index in [1.807, 2.05) is 0 Å². The van der Waals surface area contributed by atoms with Gasteiger partial charge in [0.25, 0.3) is 0 Å².